The molecule has 1 fully saturated rings. The molecular weight excluding hydrogens is 484 g/mol. The van der Waals surface area contributed by atoms with Gasteiger partial charge in [0.2, 0.25) is 0 Å². The van der Waals surface area contributed by atoms with Crippen LogP contribution in [0, 0.1) is 0 Å². The van der Waals surface area contributed by atoms with Gasteiger partial charge in [-0.05, 0) is 67.9 Å². The van der Waals surface area contributed by atoms with Gasteiger partial charge in [-0.3, -0.25) is 14.5 Å². The van der Waals surface area contributed by atoms with E-state index in [1.807, 2.05) is 57.1 Å². The SMILES string of the molecule is COc1cccc(OC)c1/C(O)=C1\C(=O)C(=O)N(c2ccc(OC(C)C)cc2)C1c1ccc(N(C)C)cc1. The maximum Gasteiger partial charge on any atom is 0.300 e. The van der Waals surface area contributed by atoms with E-state index in [1.54, 1.807) is 42.5 Å². The molecule has 198 valence electrons. The number of hydrogen-bond donors (Lipinski definition) is 1. The van der Waals surface area contributed by atoms with Crippen molar-refractivity contribution in [2.24, 2.45) is 0 Å². The van der Waals surface area contributed by atoms with Crippen molar-refractivity contribution in [3.63, 3.8) is 0 Å². The normalized spacial score (nSPS) is 16.6. The lowest BCUT2D eigenvalue weighted by molar-refractivity contribution is -0.132. The summed E-state index contributed by atoms with van der Waals surface area (Å²) in [7, 11) is 6.77. The van der Waals surface area contributed by atoms with E-state index in [-0.39, 0.29) is 23.0 Å². The van der Waals surface area contributed by atoms with Crippen molar-refractivity contribution in [1.82, 2.24) is 0 Å². The Morgan fingerprint density at radius 1 is 0.895 bits per heavy atom. The predicted octanol–water partition coefficient (Wildman–Crippen LogP) is 5.18. The first-order valence-electron chi connectivity index (χ1n) is 12.2. The van der Waals surface area contributed by atoms with Crippen LogP contribution in [0.15, 0.2) is 72.3 Å². The zero-order valence-corrected chi connectivity index (χ0v) is 22.4. The summed E-state index contributed by atoms with van der Waals surface area (Å²) in [5.41, 5.74) is 2.25. The number of aliphatic hydroxyl groups is 1. The topological polar surface area (TPSA) is 88.5 Å². The van der Waals surface area contributed by atoms with Crippen molar-refractivity contribution in [2.45, 2.75) is 26.0 Å². The Bertz CT molecular complexity index is 1340. The molecule has 0 bridgehead atoms. The summed E-state index contributed by atoms with van der Waals surface area (Å²) in [5.74, 6) is -0.665. The standard InChI is InChI=1S/C30H32N2O6/c1-18(2)38-22-16-14-21(15-17-22)32-27(19-10-12-20(13-11-19)31(3)4)26(29(34)30(32)35)28(33)25-23(36-5)8-7-9-24(25)37-6/h7-18,27,33H,1-6H3/b28-26+. The van der Waals surface area contributed by atoms with Crippen LogP contribution >= 0.6 is 0 Å². The molecule has 4 rings (SSSR count). The quantitative estimate of drug-likeness (QED) is 0.251. The number of aliphatic hydroxyl groups excluding tert-OH is 1. The molecule has 0 aromatic heterocycles. The highest BCUT2D eigenvalue weighted by Crippen LogP contribution is 2.45. The van der Waals surface area contributed by atoms with E-state index in [0.717, 1.165) is 5.69 Å². The van der Waals surface area contributed by atoms with Crippen LogP contribution < -0.4 is 24.0 Å². The lowest BCUT2D eigenvalue weighted by Gasteiger charge is -2.26. The lowest BCUT2D eigenvalue weighted by atomic mass is 9.94. The van der Waals surface area contributed by atoms with E-state index in [2.05, 4.69) is 0 Å². The van der Waals surface area contributed by atoms with Gasteiger partial charge in [-0.15, -0.1) is 0 Å². The van der Waals surface area contributed by atoms with Crippen molar-refractivity contribution in [1.29, 1.82) is 0 Å². The number of nitrogens with zero attached hydrogens (tertiary/aromatic N) is 2. The molecule has 3 aromatic carbocycles. The van der Waals surface area contributed by atoms with Crippen LogP contribution in [-0.2, 0) is 9.59 Å². The summed E-state index contributed by atoms with van der Waals surface area (Å²) in [5, 5.41) is 11.6. The number of ketones is 1. The molecule has 0 spiro atoms. The Morgan fingerprint density at radius 2 is 1.47 bits per heavy atom. The maximum absolute atomic E-state index is 13.6. The summed E-state index contributed by atoms with van der Waals surface area (Å²) >= 11 is 0. The maximum atomic E-state index is 13.6. The Morgan fingerprint density at radius 3 is 1.97 bits per heavy atom. The first-order valence-corrected chi connectivity index (χ1v) is 12.2. The number of carbonyl (C=O) groups excluding carboxylic acids is 2. The molecule has 0 aliphatic carbocycles. The number of anilines is 2. The molecule has 3 aromatic rings. The van der Waals surface area contributed by atoms with Gasteiger partial charge in [0.05, 0.1) is 31.9 Å². The predicted molar refractivity (Wildman–Crippen MR) is 147 cm³/mol. The fraction of sp³-hybridized carbons (Fsp3) is 0.267. The molecule has 0 saturated carbocycles. The monoisotopic (exact) mass is 516 g/mol. The average Bonchev–Trinajstić information content (AvgIpc) is 3.18. The van der Waals surface area contributed by atoms with E-state index < -0.39 is 17.7 Å². The number of carbonyl (C=O) groups is 2. The Balaban J connectivity index is 1.93. The number of hydrogen-bond acceptors (Lipinski definition) is 7. The minimum absolute atomic E-state index is 0.0128. The highest BCUT2D eigenvalue weighted by molar-refractivity contribution is 6.51. The molecular formula is C30H32N2O6. The molecule has 1 amide bonds. The molecule has 1 heterocycles. The Labute approximate surface area is 222 Å². The zero-order chi connectivity index (χ0) is 27.6. The number of amides is 1. The number of Topliss-reactive ketones (excluding diaryl/α,β-unsaturated/α-hetero) is 1. The average molecular weight is 517 g/mol. The van der Waals surface area contributed by atoms with Crippen molar-refractivity contribution < 1.29 is 28.9 Å². The minimum atomic E-state index is -0.891. The summed E-state index contributed by atoms with van der Waals surface area (Å²) < 4.78 is 16.7. The summed E-state index contributed by atoms with van der Waals surface area (Å²) in [6.45, 7) is 3.85. The van der Waals surface area contributed by atoms with Crippen LogP contribution in [0.1, 0.15) is 31.0 Å². The highest BCUT2D eigenvalue weighted by Gasteiger charge is 2.47. The summed E-state index contributed by atoms with van der Waals surface area (Å²) in [4.78, 5) is 30.4. The van der Waals surface area contributed by atoms with E-state index in [1.165, 1.54) is 19.1 Å². The van der Waals surface area contributed by atoms with Gasteiger partial charge in [0, 0.05) is 25.5 Å². The largest absolute Gasteiger partial charge is 0.506 e. The van der Waals surface area contributed by atoms with Crippen molar-refractivity contribution in [3.05, 3.63) is 83.4 Å². The second-order valence-corrected chi connectivity index (χ2v) is 9.35. The first kappa shape index (κ1) is 26.6. The van der Waals surface area contributed by atoms with Gasteiger partial charge < -0.3 is 24.2 Å². The van der Waals surface area contributed by atoms with Gasteiger partial charge >= 0.3 is 0 Å². The summed E-state index contributed by atoms with van der Waals surface area (Å²) in [6, 6.07) is 18.6. The second-order valence-electron chi connectivity index (χ2n) is 9.35. The van der Waals surface area contributed by atoms with Crippen LogP contribution in [0.4, 0.5) is 11.4 Å². The molecule has 1 aliphatic heterocycles. The van der Waals surface area contributed by atoms with Gasteiger partial charge in [0.1, 0.15) is 28.6 Å². The van der Waals surface area contributed by atoms with Crippen LogP contribution in [-0.4, -0.2) is 51.2 Å². The van der Waals surface area contributed by atoms with Gasteiger partial charge in [0.15, 0.2) is 0 Å². The molecule has 1 atom stereocenters. The molecule has 1 saturated heterocycles. The molecule has 1 N–H and O–H groups in total. The van der Waals surface area contributed by atoms with Gasteiger partial charge in [0.25, 0.3) is 11.7 Å². The van der Waals surface area contributed by atoms with E-state index >= 15 is 0 Å². The highest BCUT2D eigenvalue weighted by atomic mass is 16.5. The third-order valence-corrected chi connectivity index (χ3v) is 6.32. The fourth-order valence-electron chi connectivity index (χ4n) is 4.55. The second kappa shape index (κ2) is 10.9. The first-order chi connectivity index (χ1) is 18.2. The number of ether oxygens (including phenoxy) is 3. The minimum Gasteiger partial charge on any atom is -0.506 e. The molecule has 1 aliphatic rings. The van der Waals surface area contributed by atoms with E-state index in [4.69, 9.17) is 14.2 Å². The van der Waals surface area contributed by atoms with Crippen LogP contribution in [0.5, 0.6) is 17.2 Å². The third kappa shape index (κ3) is 4.89. The molecule has 38 heavy (non-hydrogen) atoms. The fourth-order valence-corrected chi connectivity index (χ4v) is 4.55. The molecule has 1 unspecified atom stereocenters. The van der Waals surface area contributed by atoms with Gasteiger partial charge in [-0.25, -0.2) is 0 Å². The zero-order valence-electron chi connectivity index (χ0n) is 22.4. The van der Waals surface area contributed by atoms with E-state index in [0.29, 0.717) is 28.5 Å². The summed E-state index contributed by atoms with van der Waals surface area (Å²) in [6.07, 6.45) is -0.0128. The number of rotatable bonds is 8. The number of benzene rings is 3. The van der Waals surface area contributed by atoms with E-state index in [9.17, 15) is 14.7 Å². The van der Waals surface area contributed by atoms with Crippen molar-refractivity contribution in [3.8, 4) is 17.2 Å². The third-order valence-electron chi connectivity index (χ3n) is 6.32. The van der Waals surface area contributed by atoms with Crippen LogP contribution in [0.2, 0.25) is 0 Å². The Kier molecular flexibility index (Phi) is 7.62. The number of methoxy groups -OCH3 is 2. The molecule has 8 heteroatoms. The van der Waals surface area contributed by atoms with Gasteiger partial charge in [-0.2, -0.15) is 0 Å². The molecule has 0 radical (unpaired) electrons. The van der Waals surface area contributed by atoms with Gasteiger partial charge in [-0.1, -0.05) is 18.2 Å². The lowest BCUT2D eigenvalue weighted by Crippen LogP contribution is -2.29. The van der Waals surface area contributed by atoms with Crippen molar-refractivity contribution in [2.75, 3.05) is 38.1 Å². The molecule has 8 nitrogen and oxygen atoms in total. The van der Waals surface area contributed by atoms with Crippen molar-refractivity contribution >= 4 is 28.8 Å². The van der Waals surface area contributed by atoms with Crippen LogP contribution in [0.25, 0.3) is 5.76 Å². The Hall–Kier alpha value is -4.46. The smallest absolute Gasteiger partial charge is 0.300 e. The van der Waals surface area contributed by atoms with Crippen LogP contribution in [0.3, 0.4) is 0 Å².